The van der Waals surface area contributed by atoms with Crippen LogP contribution in [0.1, 0.15) is 0 Å². The lowest BCUT2D eigenvalue weighted by atomic mass is 10.0. The van der Waals surface area contributed by atoms with E-state index in [1.54, 1.807) is 0 Å². The maximum absolute atomic E-state index is 8.07. The van der Waals surface area contributed by atoms with Crippen LogP contribution in [0.25, 0.3) is 98.5 Å². The molecule has 11 rings (SSSR count). The van der Waals surface area contributed by atoms with Crippen LogP contribution in [0.15, 0.2) is 176 Å². The van der Waals surface area contributed by atoms with Crippen LogP contribution in [0, 0.1) is 6.57 Å². The van der Waals surface area contributed by atoms with Crippen LogP contribution in [0.2, 0.25) is 0 Å². The molecule has 0 atom stereocenters. The number of nitrogens with zero attached hydrogens (tertiary/aromatic N) is 5. The first-order chi connectivity index (χ1) is 26.2. The third kappa shape index (κ3) is 4.33. The van der Waals surface area contributed by atoms with Crippen LogP contribution >= 0.6 is 0 Å². The average molecular weight is 676 g/mol. The van der Waals surface area contributed by atoms with E-state index in [2.05, 4.69) is 175 Å². The number of benzene rings is 7. The van der Waals surface area contributed by atoms with Gasteiger partial charge < -0.3 is 13.7 Å². The van der Waals surface area contributed by atoms with Crippen molar-refractivity contribution >= 4 is 71.1 Å². The largest absolute Gasteiger partial charge is 0.310 e. The molecule has 11 aromatic rings. The molecule has 7 aromatic carbocycles. The van der Waals surface area contributed by atoms with Crippen LogP contribution in [-0.2, 0) is 0 Å². The number of para-hydroxylation sites is 4. The molecule has 0 fully saturated rings. The first kappa shape index (κ1) is 29.3. The van der Waals surface area contributed by atoms with E-state index < -0.39 is 0 Å². The summed E-state index contributed by atoms with van der Waals surface area (Å²) < 4.78 is 6.98. The van der Waals surface area contributed by atoms with Gasteiger partial charge in [0.1, 0.15) is 0 Å². The van der Waals surface area contributed by atoms with Crippen molar-refractivity contribution in [1.82, 2.24) is 18.7 Å². The maximum atomic E-state index is 8.07. The standard InChI is InChI=1S/C48H29N5/c1-49-33-24-32(26-36(27-33)53-43-19-8-5-16-37(43)38-17-6-9-20-44(38)53)31-12-11-15-35(25-31)52-47-28-41-39-18-7-10-21-45(39)51(34-13-3-2-4-14-34)46(41)29-42(47)40-22-23-50-30-48(40)52/h2-30H. The number of rotatable bonds is 4. The van der Waals surface area contributed by atoms with Crippen LogP contribution in [0.4, 0.5) is 5.69 Å². The van der Waals surface area contributed by atoms with Gasteiger partial charge in [-0.2, -0.15) is 0 Å². The molecule has 0 aliphatic carbocycles. The fourth-order valence-electron chi connectivity index (χ4n) is 8.44. The molecule has 4 heterocycles. The minimum absolute atomic E-state index is 0.600. The lowest BCUT2D eigenvalue weighted by Gasteiger charge is -2.13. The van der Waals surface area contributed by atoms with Crippen LogP contribution < -0.4 is 0 Å². The highest BCUT2D eigenvalue weighted by atomic mass is 15.0. The van der Waals surface area contributed by atoms with Gasteiger partial charge in [0.2, 0.25) is 0 Å². The van der Waals surface area contributed by atoms with Gasteiger partial charge in [0.15, 0.2) is 5.69 Å². The van der Waals surface area contributed by atoms with Gasteiger partial charge in [-0.05, 0) is 90.0 Å². The summed E-state index contributed by atoms with van der Waals surface area (Å²) in [6.07, 6.45) is 3.85. The molecule has 0 saturated heterocycles. The second-order valence-electron chi connectivity index (χ2n) is 13.6. The molecule has 0 amide bonds. The predicted octanol–water partition coefficient (Wildman–Crippen LogP) is 12.6. The van der Waals surface area contributed by atoms with Crippen molar-refractivity contribution in [3.63, 3.8) is 0 Å². The Morgan fingerprint density at radius 1 is 0.377 bits per heavy atom. The Kier molecular flexibility index (Phi) is 6.25. The Bertz CT molecular complexity index is 3250. The normalized spacial score (nSPS) is 11.8. The van der Waals surface area contributed by atoms with E-state index >= 15 is 0 Å². The van der Waals surface area contributed by atoms with Gasteiger partial charge in [0, 0.05) is 55.6 Å². The van der Waals surface area contributed by atoms with E-state index in [0.717, 1.165) is 55.6 Å². The zero-order valence-corrected chi connectivity index (χ0v) is 28.5. The number of fused-ring (bicyclic) bond motifs is 9. The van der Waals surface area contributed by atoms with Crippen LogP contribution in [0.3, 0.4) is 0 Å². The van der Waals surface area contributed by atoms with Crippen molar-refractivity contribution < 1.29 is 0 Å². The van der Waals surface area contributed by atoms with Gasteiger partial charge in [-0.15, -0.1) is 0 Å². The molecule has 0 bridgehead atoms. The predicted molar refractivity (Wildman–Crippen MR) is 219 cm³/mol. The molecular formula is C48H29N5. The third-order valence-electron chi connectivity index (χ3n) is 10.7. The minimum Gasteiger partial charge on any atom is -0.310 e. The Labute approximate surface area is 304 Å². The molecule has 53 heavy (non-hydrogen) atoms. The van der Waals surface area contributed by atoms with Crippen molar-refractivity contribution in [2.24, 2.45) is 0 Å². The van der Waals surface area contributed by atoms with Crippen molar-refractivity contribution in [3.8, 4) is 28.2 Å². The highest BCUT2D eigenvalue weighted by Crippen LogP contribution is 2.41. The molecule has 0 spiro atoms. The fourth-order valence-corrected chi connectivity index (χ4v) is 8.44. The first-order valence-electron chi connectivity index (χ1n) is 17.7. The van der Waals surface area contributed by atoms with Crippen LogP contribution in [-0.4, -0.2) is 18.7 Å². The summed E-state index contributed by atoms with van der Waals surface area (Å²) in [7, 11) is 0. The number of aromatic nitrogens is 4. The molecule has 5 nitrogen and oxygen atoms in total. The molecule has 4 aromatic heterocycles. The number of hydrogen-bond donors (Lipinski definition) is 0. The summed E-state index contributed by atoms with van der Waals surface area (Å²) in [4.78, 5) is 8.54. The van der Waals surface area contributed by atoms with Gasteiger partial charge in [0.05, 0.1) is 45.9 Å². The fraction of sp³-hybridized carbons (Fsp3) is 0. The molecular weight excluding hydrogens is 647 g/mol. The molecule has 0 aliphatic heterocycles. The Hall–Kier alpha value is -7.42. The summed E-state index contributed by atoms with van der Waals surface area (Å²) in [5.41, 5.74) is 12.5. The minimum atomic E-state index is 0.600. The quantitative estimate of drug-likeness (QED) is 0.171. The topological polar surface area (TPSA) is 32.0 Å². The maximum Gasteiger partial charge on any atom is 0.189 e. The summed E-state index contributed by atoms with van der Waals surface area (Å²) in [5, 5.41) is 7.12. The lowest BCUT2D eigenvalue weighted by Crippen LogP contribution is -1.96. The van der Waals surface area contributed by atoms with Gasteiger partial charge in [0.25, 0.3) is 0 Å². The second-order valence-corrected chi connectivity index (χ2v) is 13.6. The van der Waals surface area contributed by atoms with Gasteiger partial charge in [-0.25, -0.2) is 4.85 Å². The average Bonchev–Trinajstić information content (AvgIpc) is 3.85. The monoisotopic (exact) mass is 675 g/mol. The lowest BCUT2D eigenvalue weighted by molar-refractivity contribution is 1.16. The summed E-state index contributed by atoms with van der Waals surface area (Å²) in [6, 6.07) is 57.9. The Morgan fingerprint density at radius 2 is 0.906 bits per heavy atom. The zero-order chi connectivity index (χ0) is 35.0. The molecule has 0 saturated carbocycles. The zero-order valence-electron chi connectivity index (χ0n) is 28.5. The molecule has 0 unspecified atom stereocenters. The van der Waals surface area contributed by atoms with E-state index in [-0.39, 0.29) is 0 Å². The Morgan fingerprint density at radius 3 is 1.57 bits per heavy atom. The van der Waals surface area contributed by atoms with Gasteiger partial charge >= 0.3 is 0 Å². The van der Waals surface area contributed by atoms with E-state index in [0.29, 0.717) is 5.69 Å². The highest BCUT2D eigenvalue weighted by Gasteiger charge is 2.19. The molecule has 0 radical (unpaired) electrons. The summed E-state index contributed by atoms with van der Waals surface area (Å²) in [5.74, 6) is 0. The molecule has 246 valence electrons. The van der Waals surface area contributed by atoms with Crippen molar-refractivity contribution in [2.45, 2.75) is 0 Å². The van der Waals surface area contributed by atoms with E-state index in [1.807, 2.05) is 24.5 Å². The Balaban J connectivity index is 1.14. The number of pyridine rings is 1. The second kappa shape index (κ2) is 11.3. The van der Waals surface area contributed by atoms with Crippen molar-refractivity contribution in [1.29, 1.82) is 0 Å². The third-order valence-corrected chi connectivity index (χ3v) is 10.7. The first-order valence-corrected chi connectivity index (χ1v) is 17.7. The molecule has 0 N–H and O–H groups in total. The van der Waals surface area contributed by atoms with E-state index in [4.69, 9.17) is 6.57 Å². The molecule has 5 heteroatoms. The number of hydrogen-bond acceptors (Lipinski definition) is 1. The molecule has 0 aliphatic rings. The van der Waals surface area contributed by atoms with Crippen LogP contribution in [0.5, 0.6) is 0 Å². The van der Waals surface area contributed by atoms with Gasteiger partial charge in [-0.3, -0.25) is 4.98 Å². The highest BCUT2D eigenvalue weighted by molar-refractivity contribution is 6.19. The summed E-state index contributed by atoms with van der Waals surface area (Å²) in [6.45, 7) is 8.07. The smallest absolute Gasteiger partial charge is 0.189 e. The van der Waals surface area contributed by atoms with E-state index in [1.165, 1.54) is 38.0 Å². The SMILES string of the molecule is [C-]#[N+]c1cc(-c2cccc(-n3c4cnccc4c4cc5c(cc43)c3ccccc3n5-c3ccccc3)c2)cc(-n2c3ccccc3c3ccccc32)c1. The van der Waals surface area contributed by atoms with Crippen molar-refractivity contribution in [2.75, 3.05) is 0 Å². The van der Waals surface area contributed by atoms with Crippen molar-refractivity contribution in [3.05, 3.63) is 188 Å². The van der Waals surface area contributed by atoms with E-state index in [9.17, 15) is 0 Å². The van der Waals surface area contributed by atoms with Gasteiger partial charge in [-0.1, -0.05) is 84.9 Å². The summed E-state index contributed by atoms with van der Waals surface area (Å²) >= 11 is 0.